The third kappa shape index (κ3) is 5.26. The van der Waals surface area contributed by atoms with E-state index in [0.717, 1.165) is 34.9 Å². The first kappa shape index (κ1) is 23.2. The van der Waals surface area contributed by atoms with Crippen molar-refractivity contribution in [2.75, 3.05) is 13.1 Å². The molecule has 3 aromatic heterocycles. The lowest BCUT2D eigenvalue weighted by Crippen LogP contribution is -2.38. The molecule has 0 aliphatic carbocycles. The van der Waals surface area contributed by atoms with E-state index in [1.54, 1.807) is 22.6 Å². The molecule has 180 valence electrons. The summed E-state index contributed by atoms with van der Waals surface area (Å²) in [5.41, 5.74) is 3.07. The predicted molar refractivity (Wildman–Crippen MR) is 134 cm³/mol. The van der Waals surface area contributed by atoms with Crippen molar-refractivity contribution in [3.05, 3.63) is 83.0 Å². The van der Waals surface area contributed by atoms with Crippen molar-refractivity contribution in [3.63, 3.8) is 0 Å². The number of amides is 1. The molecule has 0 unspecified atom stereocenters. The van der Waals surface area contributed by atoms with E-state index >= 15 is 0 Å². The van der Waals surface area contributed by atoms with E-state index in [-0.39, 0.29) is 18.5 Å². The van der Waals surface area contributed by atoms with Crippen LogP contribution in [0.1, 0.15) is 48.6 Å². The van der Waals surface area contributed by atoms with E-state index in [9.17, 15) is 4.79 Å². The van der Waals surface area contributed by atoms with Crippen LogP contribution >= 0.6 is 11.3 Å². The van der Waals surface area contributed by atoms with Crippen molar-refractivity contribution >= 4 is 23.0 Å². The molecular weight excluding hydrogens is 462 g/mol. The second-order valence-electron chi connectivity index (χ2n) is 8.58. The molecular formula is C26H27N5O3S. The summed E-state index contributed by atoms with van der Waals surface area (Å²) in [6.45, 7) is 5.43. The number of carbonyl (C=O) groups excluding carboxylic acids is 1. The lowest BCUT2D eigenvalue weighted by molar-refractivity contribution is -0.134. The van der Waals surface area contributed by atoms with Crippen LogP contribution in [0, 0.1) is 6.92 Å². The van der Waals surface area contributed by atoms with E-state index in [0.29, 0.717) is 24.7 Å². The maximum absolute atomic E-state index is 13.5. The van der Waals surface area contributed by atoms with E-state index in [1.807, 2.05) is 46.7 Å². The van der Waals surface area contributed by atoms with Crippen molar-refractivity contribution in [1.29, 1.82) is 0 Å². The Hall–Kier alpha value is -3.56. The Morgan fingerprint density at radius 2 is 2.03 bits per heavy atom. The molecule has 8 nitrogen and oxygen atoms in total. The van der Waals surface area contributed by atoms with E-state index in [1.165, 1.54) is 5.56 Å². The molecule has 1 aliphatic heterocycles. The topological polar surface area (TPSA) is 88.0 Å². The van der Waals surface area contributed by atoms with E-state index in [4.69, 9.17) is 13.9 Å². The molecule has 0 fully saturated rings. The highest BCUT2D eigenvalue weighted by atomic mass is 32.1. The molecule has 0 saturated heterocycles. The number of aromatic nitrogens is 2. The quantitative estimate of drug-likeness (QED) is 0.317. The van der Waals surface area contributed by atoms with Gasteiger partial charge in [0.1, 0.15) is 11.8 Å². The number of thiophene rings is 1. The highest BCUT2D eigenvalue weighted by molar-refractivity contribution is 7.13. The molecule has 1 aromatic carbocycles. The smallest absolute Gasteiger partial charge is 0.257 e. The number of hydrogen-bond acceptors (Lipinski definition) is 8. The summed E-state index contributed by atoms with van der Waals surface area (Å²) in [7, 11) is 0. The molecule has 1 aliphatic rings. The third-order valence-electron chi connectivity index (χ3n) is 5.88. The molecule has 0 spiro atoms. The zero-order valence-electron chi connectivity index (χ0n) is 19.8. The van der Waals surface area contributed by atoms with Gasteiger partial charge in [-0.2, -0.15) is 5.10 Å². The summed E-state index contributed by atoms with van der Waals surface area (Å²) in [6.07, 6.45) is 3.12. The van der Waals surface area contributed by atoms with Crippen molar-refractivity contribution in [2.45, 2.75) is 39.3 Å². The van der Waals surface area contributed by atoms with Crippen molar-refractivity contribution < 1.29 is 13.6 Å². The molecule has 4 heterocycles. The first-order valence-corrected chi connectivity index (χ1v) is 12.6. The number of rotatable bonds is 9. The number of carbonyl (C=O) groups is 1. The molecule has 0 N–H and O–H groups in total. The second kappa shape index (κ2) is 10.4. The summed E-state index contributed by atoms with van der Waals surface area (Å²) >= 11 is 1.55. The molecule has 1 amide bonds. The number of hydrazone groups is 1. The Balaban J connectivity index is 1.34. The molecule has 4 aromatic rings. The first-order chi connectivity index (χ1) is 17.1. The Bertz CT molecular complexity index is 1280. The summed E-state index contributed by atoms with van der Waals surface area (Å²) in [5, 5.41) is 16.6. The molecule has 5 rings (SSSR count). The van der Waals surface area contributed by atoms with Gasteiger partial charge < -0.3 is 8.83 Å². The fraction of sp³-hybridized carbons (Fsp3) is 0.308. The van der Waals surface area contributed by atoms with Gasteiger partial charge in [-0.1, -0.05) is 42.8 Å². The molecule has 0 radical (unpaired) electrons. The highest BCUT2D eigenvalue weighted by Gasteiger charge is 2.35. The lowest BCUT2D eigenvalue weighted by Gasteiger charge is -2.24. The Morgan fingerprint density at radius 1 is 1.17 bits per heavy atom. The summed E-state index contributed by atoms with van der Waals surface area (Å²) in [5.74, 6) is 1.62. The third-order valence-corrected chi connectivity index (χ3v) is 6.74. The monoisotopic (exact) mass is 489 g/mol. The van der Waals surface area contributed by atoms with Gasteiger partial charge in [0.15, 0.2) is 0 Å². The van der Waals surface area contributed by atoms with Crippen molar-refractivity contribution in [3.8, 4) is 10.8 Å². The number of nitrogens with zero attached hydrogens (tertiary/aromatic N) is 5. The SMILES string of the molecule is CCCN(CC(=O)N1N=C(c2ccc(C)cc2)C[C@H]1c1ccco1)Cc1nnc(-c2cccs2)o1. The molecule has 0 bridgehead atoms. The standard InChI is InChI=1S/C26H27N5O3S/c1-3-12-30(16-24-27-28-26(34-24)23-7-5-14-35-23)17-25(32)31-21(22-6-4-13-33-22)15-20(29-31)19-10-8-18(2)9-11-19/h4-11,13-14,21H,3,12,15-17H2,1-2H3/t21-/m0/s1. The summed E-state index contributed by atoms with van der Waals surface area (Å²) < 4.78 is 11.5. The van der Waals surface area contributed by atoms with Crippen molar-refractivity contribution in [2.24, 2.45) is 5.10 Å². The van der Waals surface area contributed by atoms with Crippen molar-refractivity contribution in [1.82, 2.24) is 20.1 Å². The zero-order valence-corrected chi connectivity index (χ0v) is 20.6. The van der Waals surface area contributed by atoms with E-state index < -0.39 is 0 Å². The van der Waals surface area contributed by atoms with Gasteiger partial charge in [-0.3, -0.25) is 9.69 Å². The molecule has 1 atom stereocenters. The van der Waals surface area contributed by atoms with Gasteiger partial charge in [0.2, 0.25) is 5.89 Å². The van der Waals surface area contributed by atoms with Gasteiger partial charge in [0.25, 0.3) is 11.8 Å². The maximum Gasteiger partial charge on any atom is 0.257 e. The van der Waals surface area contributed by atoms with Gasteiger partial charge in [-0.25, -0.2) is 5.01 Å². The fourth-order valence-electron chi connectivity index (χ4n) is 4.17. The van der Waals surface area contributed by atoms with Gasteiger partial charge in [0.05, 0.1) is 29.9 Å². The number of benzene rings is 1. The minimum absolute atomic E-state index is 0.0973. The van der Waals surface area contributed by atoms with E-state index in [2.05, 4.69) is 36.2 Å². The van der Waals surface area contributed by atoms with Crippen LogP contribution in [-0.4, -0.2) is 44.8 Å². The van der Waals surface area contributed by atoms with Crippen LogP contribution in [0.25, 0.3) is 10.8 Å². The summed E-state index contributed by atoms with van der Waals surface area (Å²) in [6, 6.07) is 15.6. The first-order valence-electron chi connectivity index (χ1n) is 11.7. The minimum Gasteiger partial charge on any atom is -0.467 e. The Kier molecular flexibility index (Phi) is 6.87. The molecule has 9 heteroatoms. The predicted octanol–water partition coefficient (Wildman–Crippen LogP) is 5.29. The van der Waals surface area contributed by atoms with Crippen LogP contribution in [0.15, 0.2) is 74.1 Å². The number of hydrogen-bond donors (Lipinski definition) is 0. The summed E-state index contributed by atoms with van der Waals surface area (Å²) in [4.78, 5) is 16.5. The lowest BCUT2D eigenvalue weighted by atomic mass is 10.0. The zero-order chi connectivity index (χ0) is 24.2. The average Bonchev–Trinajstić information content (AvgIpc) is 3.66. The van der Waals surface area contributed by atoms with Gasteiger partial charge in [0, 0.05) is 6.42 Å². The normalized spacial score (nSPS) is 15.7. The molecule has 35 heavy (non-hydrogen) atoms. The Morgan fingerprint density at radius 3 is 2.74 bits per heavy atom. The fourth-order valence-corrected chi connectivity index (χ4v) is 4.81. The number of furan rings is 1. The van der Waals surface area contributed by atoms with Gasteiger partial charge in [-0.15, -0.1) is 21.5 Å². The van der Waals surface area contributed by atoms with Crippen LogP contribution in [0.5, 0.6) is 0 Å². The van der Waals surface area contributed by atoms with Gasteiger partial charge in [-0.05, 0) is 49.0 Å². The van der Waals surface area contributed by atoms with Crippen LogP contribution in [-0.2, 0) is 11.3 Å². The molecule has 0 saturated carbocycles. The largest absolute Gasteiger partial charge is 0.467 e. The second-order valence-corrected chi connectivity index (χ2v) is 9.52. The minimum atomic E-state index is -0.272. The number of aryl methyl sites for hydroxylation is 1. The maximum atomic E-state index is 13.5. The Labute approximate surface area is 207 Å². The van der Waals surface area contributed by atoms with Crippen LogP contribution in [0.2, 0.25) is 0 Å². The van der Waals surface area contributed by atoms with Crippen LogP contribution in [0.3, 0.4) is 0 Å². The van der Waals surface area contributed by atoms with Crippen LogP contribution in [0.4, 0.5) is 0 Å². The van der Waals surface area contributed by atoms with Crippen LogP contribution < -0.4 is 0 Å². The van der Waals surface area contributed by atoms with Gasteiger partial charge >= 0.3 is 0 Å². The average molecular weight is 490 g/mol. The highest BCUT2D eigenvalue weighted by Crippen LogP contribution is 2.33.